The van der Waals surface area contributed by atoms with Crippen molar-refractivity contribution in [2.24, 2.45) is 0 Å². The maximum Gasteiger partial charge on any atom is 0.230 e. The summed E-state index contributed by atoms with van der Waals surface area (Å²) in [4.78, 5) is 26.6. The van der Waals surface area contributed by atoms with Gasteiger partial charge in [-0.15, -0.1) is 0 Å². The Morgan fingerprint density at radius 3 is 2.48 bits per heavy atom. The van der Waals surface area contributed by atoms with Crippen molar-refractivity contribution in [3.05, 3.63) is 49.1 Å². The summed E-state index contributed by atoms with van der Waals surface area (Å²) in [6.45, 7) is 9.75. The third-order valence-corrected chi connectivity index (χ3v) is 3.66. The van der Waals surface area contributed by atoms with Gasteiger partial charge in [0.2, 0.25) is 5.91 Å². The van der Waals surface area contributed by atoms with E-state index >= 15 is 0 Å². The van der Waals surface area contributed by atoms with Crippen molar-refractivity contribution < 1.29 is 23.8 Å². The van der Waals surface area contributed by atoms with Gasteiger partial charge < -0.3 is 19.1 Å². The lowest BCUT2D eigenvalue weighted by Gasteiger charge is -2.26. The highest BCUT2D eigenvalue weighted by Crippen LogP contribution is 2.32. The average Bonchev–Trinajstić information content (AvgIpc) is 2.65. The van der Waals surface area contributed by atoms with E-state index in [9.17, 15) is 9.59 Å². The zero-order valence-electron chi connectivity index (χ0n) is 14.2. The Balaban J connectivity index is 2.16. The Morgan fingerprint density at radius 1 is 1.12 bits per heavy atom. The Kier molecular flexibility index (Phi) is 7.22. The Morgan fingerprint density at radius 2 is 1.80 bits per heavy atom. The fourth-order valence-corrected chi connectivity index (χ4v) is 2.45. The van der Waals surface area contributed by atoms with Crippen molar-refractivity contribution in [2.45, 2.75) is 6.42 Å². The van der Waals surface area contributed by atoms with Crippen molar-refractivity contribution in [1.82, 2.24) is 4.90 Å². The molecule has 1 heterocycles. The summed E-state index contributed by atoms with van der Waals surface area (Å²) < 4.78 is 16.4. The quantitative estimate of drug-likeness (QED) is 0.390. The first-order valence-electron chi connectivity index (χ1n) is 8.16. The highest BCUT2D eigenvalue weighted by molar-refractivity contribution is 6.09. The minimum absolute atomic E-state index is 0.208. The lowest BCUT2D eigenvalue weighted by atomic mass is 10.1. The molecule has 0 N–H and O–H groups in total. The molecule has 25 heavy (non-hydrogen) atoms. The van der Waals surface area contributed by atoms with Crippen LogP contribution in [0.15, 0.2) is 43.5 Å². The molecule has 0 spiro atoms. The van der Waals surface area contributed by atoms with Crippen molar-refractivity contribution in [3.63, 3.8) is 0 Å². The minimum atomic E-state index is -0.306. The van der Waals surface area contributed by atoms with Crippen LogP contribution in [0.3, 0.4) is 0 Å². The molecule has 0 aliphatic carbocycles. The van der Waals surface area contributed by atoms with E-state index in [1.165, 1.54) is 0 Å². The lowest BCUT2D eigenvalue weighted by molar-refractivity contribution is -0.134. The molecule has 1 fully saturated rings. The van der Waals surface area contributed by atoms with Crippen LogP contribution in [0.2, 0.25) is 0 Å². The van der Waals surface area contributed by atoms with Crippen molar-refractivity contribution in [3.8, 4) is 11.5 Å². The van der Waals surface area contributed by atoms with Gasteiger partial charge >= 0.3 is 0 Å². The second-order valence-corrected chi connectivity index (χ2v) is 5.43. The summed E-state index contributed by atoms with van der Waals surface area (Å²) in [6, 6.07) is 5.04. The molecule has 2 rings (SSSR count). The first kappa shape index (κ1) is 18.7. The molecule has 1 aromatic carbocycles. The van der Waals surface area contributed by atoms with Crippen LogP contribution in [0.4, 0.5) is 0 Å². The van der Waals surface area contributed by atoms with Gasteiger partial charge in [0, 0.05) is 13.1 Å². The van der Waals surface area contributed by atoms with Crippen LogP contribution in [-0.4, -0.2) is 56.1 Å². The third kappa shape index (κ3) is 5.19. The molecule has 0 aromatic heterocycles. The first-order valence-corrected chi connectivity index (χ1v) is 8.16. The van der Waals surface area contributed by atoms with E-state index in [0.29, 0.717) is 43.4 Å². The smallest absolute Gasteiger partial charge is 0.230 e. The molecule has 1 amide bonds. The summed E-state index contributed by atoms with van der Waals surface area (Å²) in [6.07, 6.45) is 2.97. The number of Topliss-reactive ketones (excluding diaryl/α,β-unsaturated/α-hetero) is 1. The number of ether oxygens (including phenoxy) is 3. The third-order valence-electron chi connectivity index (χ3n) is 3.66. The van der Waals surface area contributed by atoms with Crippen LogP contribution in [0, 0.1) is 0 Å². The normalized spacial score (nSPS) is 13.8. The summed E-state index contributed by atoms with van der Waals surface area (Å²) in [5.41, 5.74) is 0.324. The highest BCUT2D eigenvalue weighted by Gasteiger charge is 2.23. The Bertz CT molecular complexity index is 635. The largest absolute Gasteiger partial charge is 0.486 e. The number of hydrogen-bond acceptors (Lipinski definition) is 5. The van der Waals surface area contributed by atoms with Crippen LogP contribution in [0.1, 0.15) is 16.8 Å². The zero-order valence-corrected chi connectivity index (χ0v) is 14.2. The SMILES string of the molecule is C=CCOc1cccc(C(=O)CC(=O)N2CCOCC2)c1OCC=C. The predicted molar refractivity (Wildman–Crippen MR) is 94.2 cm³/mol. The van der Waals surface area contributed by atoms with E-state index in [0.717, 1.165) is 0 Å². The maximum atomic E-state index is 12.6. The molecule has 0 radical (unpaired) electrons. The van der Waals surface area contributed by atoms with Gasteiger partial charge in [-0.25, -0.2) is 0 Å². The number of rotatable bonds is 9. The maximum absolute atomic E-state index is 12.6. The zero-order chi connectivity index (χ0) is 18.1. The molecule has 1 aromatic rings. The molecule has 6 heteroatoms. The first-order chi connectivity index (χ1) is 12.2. The molecule has 0 atom stereocenters. The standard InChI is InChI=1S/C19H23NO5/c1-3-10-24-17-7-5-6-15(19(17)25-11-4-2)16(21)14-18(22)20-8-12-23-13-9-20/h3-7H,1-2,8-14H2. The molecule has 134 valence electrons. The number of carbonyl (C=O) groups is 2. The summed E-state index contributed by atoms with van der Waals surface area (Å²) in [7, 11) is 0. The number of carbonyl (C=O) groups excluding carboxylic acids is 2. The number of amides is 1. The minimum Gasteiger partial charge on any atom is -0.486 e. The molecule has 0 bridgehead atoms. The molecular weight excluding hydrogens is 322 g/mol. The van der Waals surface area contributed by atoms with Gasteiger partial charge in [-0.05, 0) is 12.1 Å². The van der Waals surface area contributed by atoms with E-state index < -0.39 is 0 Å². The summed E-state index contributed by atoms with van der Waals surface area (Å²) in [5, 5.41) is 0. The van der Waals surface area contributed by atoms with Crippen molar-refractivity contribution >= 4 is 11.7 Å². The number of hydrogen-bond donors (Lipinski definition) is 0. The summed E-state index contributed by atoms with van der Waals surface area (Å²) in [5.74, 6) is 0.246. The number of ketones is 1. The van der Waals surface area contributed by atoms with E-state index in [-0.39, 0.29) is 31.3 Å². The number of morpholine rings is 1. The molecule has 1 saturated heterocycles. The second-order valence-electron chi connectivity index (χ2n) is 5.43. The summed E-state index contributed by atoms with van der Waals surface area (Å²) >= 11 is 0. The van der Waals surface area contributed by atoms with Gasteiger partial charge in [0.05, 0.1) is 25.2 Å². The van der Waals surface area contributed by atoms with Gasteiger partial charge in [0.1, 0.15) is 13.2 Å². The molecular formula is C19H23NO5. The molecule has 1 aliphatic heterocycles. The number of benzene rings is 1. The van der Waals surface area contributed by atoms with Gasteiger partial charge in [0.25, 0.3) is 0 Å². The predicted octanol–water partition coefficient (Wildman–Crippen LogP) is 2.25. The number of nitrogens with zero attached hydrogens (tertiary/aromatic N) is 1. The molecule has 0 unspecified atom stereocenters. The number of para-hydroxylation sites is 1. The molecule has 1 aliphatic rings. The van der Waals surface area contributed by atoms with Gasteiger partial charge in [-0.3, -0.25) is 9.59 Å². The van der Waals surface area contributed by atoms with E-state index in [1.807, 2.05) is 0 Å². The fourth-order valence-electron chi connectivity index (χ4n) is 2.45. The Labute approximate surface area is 147 Å². The van der Waals surface area contributed by atoms with E-state index in [2.05, 4.69) is 13.2 Å². The molecule has 0 saturated carbocycles. The topological polar surface area (TPSA) is 65.1 Å². The van der Waals surface area contributed by atoms with Crippen LogP contribution < -0.4 is 9.47 Å². The average molecular weight is 345 g/mol. The van der Waals surface area contributed by atoms with Crippen LogP contribution >= 0.6 is 0 Å². The van der Waals surface area contributed by atoms with Crippen LogP contribution in [0.5, 0.6) is 11.5 Å². The van der Waals surface area contributed by atoms with Crippen LogP contribution in [0.25, 0.3) is 0 Å². The lowest BCUT2D eigenvalue weighted by Crippen LogP contribution is -2.41. The van der Waals surface area contributed by atoms with Crippen LogP contribution in [-0.2, 0) is 9.53 Å². The van der Waals surface area contributed by atoms with Gasteiger partial charge in [-0.2, -0.15) is 0 Å². The van der Waals surface area contributed by atoms with E-state index in [4.69, 9.17) is 14.2 Å². The van der Waals surface area contributed by atoms with Gasteiger partial charge in [0.15, 0.2) is 17.3 Å². The van der Waals surface area contributed by atoms with E-state index in [1.54, 1.807) is 35.3 Å². The second kappa shape index (κ2) is 9.64. The Hall–Kier alpha value is -2.60. The fraction of sp³-hybridized carbons (Fsp3) is 0.368. The van der Waals surface area contributed by atoms with Crippen molar-refractivity contribution in [1.29, 1.82) is 0 Å². The van der Waals surface area contributed by atoms with Crippen molar-refractivity contribution in [2.75, 3.05) is 39.5 Å². The van der Waals surface area contributed by atoms with Gasteiger partial charge in [-0.1, -0.05) is 31.4 Å². The molecule has 6 nitrogen and oxygen atoms in total. The monoisotopic (exact) mass is 345 g/mol. The highest BCUT2D eigenvalue weighted by atomic mass is 16.5.